The van der Waals surface area contributed by atoms with E-state index in [1.54, 1.807) is 23.5 Å². The smallest absolute Gasteiger partial charge is 0.255 e. The van der Waals surface area contributed by atoms with Gasteiger partial charge in [0, 0.05) is 16.1 Å². The predicted molar refractivity (Wildman–Crippen MR) is 89.5 cm³/mol. The number of amides is 1. The van der Waals surface area contributed by atoms with Gasteiger partial charge in [0.25, 0.3) is 5.91 Å². The highest BCUT2D eigenvalue weighted by atomic mass is 32.1. The van der Waals surface area contributed by atoms with Gasteiger partial charge in [-0.3, -0.25) is 4.79 Å². The van der Waals surface area contributed by atoms with E-state index in [0.717, 1.165) is 10.6 Å². The van der Waals surface area contributed by atoms with Gasteiger partial charge in [0.05, 0.1) is 0 Å². The fourth-order valence-electron chi connectivity index (χ4n) is 2.00. The lowest BCUT2D eigenvalue weighted by molar-refractivity contribution is 0.102. The van der Waals surface area contributed by atoms with Crippen molar-refractivity contribution in [1.82, 2.24) is 0 Å². The van der Waals surface area contributed by atoms with E-state index in [-0.39, 0.29) is 5.91 Å². The lowest BCUT2D eigenvalue weighted by Crippen LogP contribution is -2.11. The fourth-order valence-corrected chi connectivity index (χ4v) is 2.62. The van der Waals surface area contributed by atoms with E-state index >= 15 is 0 Å². The summed E-state index contributed by atoms with van der Waals surface area (Å²) in [4.78, 5) is 13.4. The summed E-state index contributed by atoms with van der Waals surface area (Å²) in [6.07, 6.45) is 0. The van der Waals surface area contributed by atoms with Gasteiger partial charge in [0.1, 0.15) is 12.4 Å². The molecule has 0 unspecified atom stereocenters. The van der Waals surface area contributed by atoms with Crippen molar-refractivity contribution < 1.29 is 9.53 Å². The number of para-hydroxylation sites is 1. The Hall–Kier alpha value is -2.59. The molecule has 0 saturated heterocycles. The van der Waals surface area contributed by atoms with Gasteiger partial charge >= 0.3 is 0 Å². The minimum atomic E-state index is -0.146. The molecular formula is C18H15NO2S. The van der Waals surface area contributed by atoms with E-state index in [1.807, 2.05) is 60.0 Å². The van der Waals surface area contributed by atoms with Crippen LogP contribution in [0.1, 0.15) is 15.2 Å². The normalized spacial score (nSPS) is 10.2. The third-order valence-corrected chi connectivity index (χ3v) is 3.94. The highest BCUT2D eigenvalue weighted by molar-refractivity contribution is 7.09. The summed E-state index contributed by atoms with van der Waals surface area (Å²) in [6, 6.07) is 20.6. The first-order chi connectivity index (χ1) is 10.8. The average Bonchev–Trinajstić information content (AvgIpc) is 3.08. The van der Waals surface area contributed by atoms with Gasteiger partial charge < -0.3 is 10.1 Å². The largest absolute Gasteiger partial charge is 0.488 e. The van der Waals surface area contributed by atoms with Crippen molar-refractivity contribution in [3.05, 3.63) is 82.6 Å². The van der Waals surface area contributed by atoms with E-state index in [1.165, 1.54) is 0 Å². The number of benzene rings is 2. The number of thiophene rings is 1. The zero-order chi connectivity index (χ0) is 15.2. The highest BCUT2D eigenvalue weighted by Gasteiger charge is 2.07. The minimum Gasteiger partial charge on any atom is -0.488 e. The van der Waals surface area contributed by atoms with E-state index in [0.29, 0.717) is 17.9 Å². The first-order valence-corrected chi connectivity index (χ1v) is 7.81. The predicted octanol–water partition coefficient (Wildman–Crippen LogP) is 4.58. The fraction of sp³-hybridized carbons (Fsp3) is 0.0556. The SMILES string of the molecule is O=C(Nc1ccccc1)c1cccc(OCc2cccs2)c1. The Balaban J connectivity index is 1.66. The van der Waals surface area contributed by atoms with Gasteiger partial charge in [-0.2, -0.15) is 0 Å². The summed E-state index contributed by atoms with van der Waals surface area (Å²) in [7, 11) is 0. The first-order valence-electron chi connectivity index (χ1n) is 6.93. The molecule has 0 bridgehead atoms. The third kappa shape index (κ3) is 3.74. The molecule has 1 aromatic heterocycles. The maximum Gasteiger partial charge on any atom is 0.255 e. The quantitative estimate of drug-likeness (QED) is 0.749. The maximum atomic E-state index is 12.2. The van der Waals surface area contributed by atoms with Crippen molar-refractivity contribution in [3.63, 3.8) is 0 Å². The Bertz CT molecular complexity index is 739. The lowest BCUT2D eigenvalue weighted by atomic mass is 10.2. The second kappa shape index (κ2) is 6.91. The summed E-state index contributed by atoms with van der Waals surface area (Å²) in [5, 5.41) is 4.88. The van der Waals surface area contributed by atoms with Crippen LogP contribution in [0.2, 0.25) is 0 Å². The van der Waals surface area contributed by atoms with Crippen LogP contribution in [0.25, 0.3) is 0 Å². The molecule has 22 heavy (non-hydrogen) atoms. The number of nitrogens with one attached hydrogen (secondary N) is 1. The van der Waals surface area contributed by atoms with Crippen molar-refractivity contribution in [2.24, 2.45) is 0 Å². The van der Waals surface area contributed by atoms with Gasteiger partial charge in [0.15, 0.2) is 0 Å². The summed E-state index contributed by atoms with van der Waals surface area (Å²) >= 11 is 1.65. The molecular weight excluding hydrogens is 294 g/mol. The summed E-state index contributed by atoms with van der Waals surface area (Å²) < 4.78 is 5.72. The van der Waals surface area contributed by atoms with Crippen LogP contribution < -0.4 is 10.1 Å². The van der Waals surface area contributed by atoms with Crippen molar-refractivity contribution in [2.45, 2.75) is 6.61 Å². The van der Waals surface area contributed by atoms with Crippen LogP contribution in [0, 0.1) is 0 Å². The Morgan fingerprint density at radius 2 is 1.86 bits per heavy atom. The minimum absolute atomic E-state index is 0.146. The number of rotatable bonds is 5. The second-order valence-corrected chi connectivity index (χ2v) is 5.75. The Morgan fingerprint density at radius 1 is 1.00 bits per heavy atom. The van der Waals surface area contributed by atoms with Crippen LogP contribution in [0.3, 0.4) is 0 Å². The summed E-state index contributed by atoms with van der Waals surface area (Å²) in [5.41, 5.74) is 1.35. The third-order valence-electron chi connectivity index (χ3n) is 3.09. The van der Waals surface area contributed by atoms with Crippen LogP contribution in [0.5, 0.6) is 5.75 Å². The Kier molecular flexibility index (Phi) is 4.51. The molecule has 3 aromatic rings. The van der Waals surface area contributed by atoms with E-state index in [9.17, 15) is 4.79 Å². The zero-order valence-electron chi connectivity index (χ0n) is 11.9. The van der Waals surface area contributed by atoms with Crippen molar-refractivity contribution in [2.75, 3.05) is 5.32 Å². The summed E-state index contributed by atoms with van der Waals surface area (Å²) in [5.74, 6) is 0.543. The molecule has 3 rings (SSSR count). The zero-order valence-corrected chi connectivity index (χ0v) is 12.7. The molecule has 1 N–H and O–H groups in total. The maximum absolute atomic E-state index is 12.2. The monoisotopic (exact) mass is 309 g/mol. The van der Waals surface area contributed by atoms with Crippen LogP contribution in [0.15, 0.2) is 72.1 Å². The van der Waals surface area contributed by atoms with Crippen LogP contribution >= 0.6 is 11.3 Å². The lowest BCUT2D eigenvalue weighted by Gasteiger charge is -2.08. The topological polar surface area (TPSA) is 38.3 Å². The molecule has 0 saturated carbocycles. The number of carbonyl (C=O) groups is 1. The van der Waals surface area contributed by atoms with Crippen LogP contribution in [-0.4, -0.2) is 5.91 Å². The molecule has 2 aromatic carbocycles. The molecule has 0 aliphatic carbocycles. The van der Waals surface area contributed by atoms with Gasteiger partial charge in [-0.05, 0) is 41.8 Å². The van der Waals surface area contributed by atoms with E-state index in [4.69, 9.17) is 4.74 Å². The van der Waals surface area contributed by atoms with Crippen LogP contribution in [-0.2, 0) is 6.61 Å². The molecule has 110 valence electrons. The number of hydrogen-bond donors (Lipinski definition) is 1. The molecule has 3 nitrogen and oxygen atoms in total. The molecule has 0 atom stereocenters. The Labute approximate surface area is 133 Å². The molecule has 1 amide bonds. The van der Waals surface area contributed by atoms with Gasteiger partial charge in [0.2, 0.25) is 0 Å². The van der Waals surface area contributed by atoms with E-state index in [2.05, 4.69) is 5.32 Å². The molecule has 1 heterocycles. The standard InChI is InChI=1S/C18H15NO2S/c20-18(19-15-7-2-1-3-8-15)14-6-4-9-16(12-14)21-13-17-10-5-11-22-17/h1-12H,13H2,(H,19,20). The van der Waals surface area contributed by atoms with E-state index < -0.39 is 0 Å². The van der Waals surface area contributed by atoms with Gasteiger partial charge in [-0.15, -0.1) is 11.3 Å². The number of ether oxygens (including phenoxy) is 1. The molecule has 0 aliphatic heterocycles. The Morgan fingerprint density at radius 3 is 2.64 bits per heavy atom. The average molecular weight is 309 g/mol. The molecule has 0 fully saturated rings. The molecule has 0 aliphatic rings. The van der Waals surface area contributed by atoms with Crippen molar-refractivity contribution in [1.29, 1.82) is 0 Å². The first kappa shape index (κ1) is 14.4. The number of anilines is 1. The molecule has 0 spiro atoms. The van der Waals surface area contributed by atoms with Gasteiger partial charge in [-0.25, -0.2) is 0 Å². The molecule has 0 radical (unpaired) electrons. The van der Waals surface area contributed by atoms with Gasteiger partial charge in [-0.1, -0.05) is 30.3 Å². The van der Waals surface area contributed by atoms with Crippen LogP contribution in [0.4, 0.5) is 5.69 Å². The van der Waals surface area contributed by atoms with Crippen molar-refractivity contribution in [3.8, 4) is 5.75 Å². The van der Waals surface area contributed by atoms with Crippen molar-refractivity contribution >= 4 is 22.9 Å². The molecule has 4 heteroatoms. The number of carbonyl (C=O) groups excluding carboxylic acids is 1. The summed E-state index contributed by atoms with van der Waals surface area (Å²) in [6.45, 7) is 0.515. The second-order valence-electron chi connectivity index (χ2n) is 4.72. The highest BCUT2D eigenvalue weighted by Crippen LogP contribution is 2.18. The number of hydrogen-bond acceptors (Lipinski definition) is 3.